The Kier molecular flexibility index (Phi) is 5.05. The topological polar surface area (TPSA) is 12.0 Å². The molecule has 0 saturated heterocycles. The van der Waals surface area contributed by atoms with Crippen LogP contribution in [0.4, 0.5) is 8.78 Å². The highest BCUT2D eigenvalue weighted by Crippen LogP contribution is 2.22. The molecule has 1 heterocycles. The minimum absolute atomic E-state index is 0.00911. The highest BCUT2D eigenvalue weighted by Gasteiger charge is 2.11. The van der Waals surface area contributed by atoms with Gasteiger partial charge in [-0.25, -0.2) is 8.78 Å². The maximum atomic E-state index is 13.2. The van der Waals surface area contributed by atoms with Crippen molar-refractivity contribution in [1.29, 1.82) is 0 Å². The van der Waals surface area contributed by atoms with Crippen LogP contribution in [0.2, 0.25) is 0 Å². The molecule has 19 heavy (non-hydrogen) atoms. The van der Waals surface area contributed by atoms with E-state index >= 15 is 0 Å². The maximum absolute atomic E-state index is 13.2. The van der Waals surface area contributed by atoms with Crippen molar-refractivity contribution >= 4 is 11.3 Å². The first kappa shape index (κ1) is 14.2. The number of benzene rings is 1. The van der Waals surface area contributed by atoms with Crippen LogP contribution in [0.15, 0.2) is 35.7 Å². The first-order valence-electron chi connectivity index (χ1n) is 6.34. The zero-order chi connectivity index (χ0) is 13.7. The second-order valence-corrected chi connectivity index (χ2v) is 5.55. The second-order valence-electron chi connectivity index (χ2n) is 4.52. The van der Waals surface area contributed by atoms with Crippen molar-refractivity contribution in [3.05, 3.63) is 57.8 Å². The molecule has 2 aromatic rings. The zero-order valence-corrected chi connectivity index (χ0v) is 11.6. The van der Waals surface area contributed by atoms with E-state index in [0.717, 1.165) is 25.3 Å². The normalized spacial score (nSPS) is 12.6. The molecule has 1 nitrogen and oxygen atoms in total. The van der Waals surface area contributed by atoms with Crippen molar-refractivity contribution in [1.82, 2.24) is 5.32 Å². The third-order valence-corrected chi connectivity index (χ3v) is 4.07. The Morgan fingerprint density at radius 1 is 1.21 bits per heavy atom. The van der Waals surface area contributed by atoms with Crippen molar-refractivity contribution in [2.45, 2.75) is 25.3 Å². The van der Waals surface area contributed by atoms with Crippen LogP contribution in [0, 0.1) is 11.6 Å². The molecule has 1 unspecified atom stereocenters. The lowest BCUT2D eigenvalue weighted by Crippen LogP contribution is -2.17. The van der Waals surface area contributed by atoms with Crippen LogP contribution in [0.25, 0.3) is 0 Å². The van der Waals surface area contributed by atoms with Gasteiger partial charge >= 0.3 is 0 Å². The monoisotopic (exact) mass is 281 g/mol. The van der Waals surface area contributed by atoms with Crippen LogP contribution >= 0.6 is 11.3 Å². The first-order chi connectivity index (χ1) is 9.19. The minimum Gasteiger partial charge on any atom is -0.313 e. The minimum atomic E-state index is -0.520. The van der Waals surface area contributed by atoms with Crippen LogP contribution in [-0.4, -0.2) is 7.05 Å². The fourth-order valence-electron chi connectivity index (χ4n) is 2.19. The highest BCUT2D eigenvalue weighted by atomic mass is 32.1. The third-order valence-electron chi connectivity index (χ3n) is 3.13. The number of aryl methyl sites for hydroxylation is 1. The van der Waals surface area contributed by atoms with Gasteiger partial charge in [-0.1, -0.05) is 6.07 Å². The molecule has 0 saturated carbocycles. The van der Waals surface area contributed by atoms with Crippen molar-refractivity contribution in [3.63, 3.8) is 0 Å². The third kappa shape index (κ3) is 4.11. The molecule has 1 aromatic carbocycles. The molecule has 0 radical (unpaired) electrons. The summed E-state index contributed by atoms with van der Waals surface area (Å²) in [4.78, 5) is 1.35. The van der Waals surface area contributed by atoms with Gasteiger partial charge in [-0.15, -0.1) is 11.3 Å². The number of hydrogen-bond donors (Lipinski definition) is 1. The fourth-order valence-corrected chi connectivity index (χ4v) is 2.94. The summed E-state index contributed by atoms with van der Waals surface area (Å²) in [6.07, 6.45) is 2.86. The zero-order valence-electron chi connectivity index (χ0n) is 10.8. The maximum Gasteiger partial charge on any atom is 0.126 e. The molecule has 1 aromatic heterocycles. The van der Waals surface area contributed by atoms with Crippen LogP contribution in [0.5, 0.6) is 0 Å². The first-order valence-corrected chi connectivity index (χ1v) is 7.22. The Morgan fingerprint density at radius 2 is 1.95 bits per heavy atom. The van der Waals surface area contributed by atoms with Gasteiger partial charge in [0, 0.05) is 17.0 Å². The summed E-state index contributed by atoms with van der Waals surface area (Å²) in [5, 5.41) is 5.19. The molecule has 0 amide bonds. The lowest BCUT2D eigenvalue weighted by molar-refractivity contribution is 0.514. The summed E-state index contributed by atoms with van der Waals surface area (Å²) >= 11 is 1.74. The van der Waals surface area contributed by atoms with E-state index in [1.165, 1.54) is 17.0 Å². The van der Waals surface area contributed by atoms with Gasteiger partial charge in [0.1, 0.15) is 11.6 Å². The van der Waals surface area contributed by atoms with Crippen molar-refractivity contribution in [2.75, 3.05) is 7.05 Å². The quantitative estimate of drug-likeness (QED) is 0.832. The average Bonchev–Trinajstić information content (AvgIpc) is 2.86. The molecule has 4 heteroatoms. The molecule has 0 aliphatic carbocycles. The van der Waals surface area contributed by atoms with E-state index in [-0.39, 0.29) is 6.04 Å². The Morgan fingerprint density at radius 3 is 2.53 bits per heavy atom. The Hall–Kier alpha value is -1.26. The molecule has 0 aliphatic rings. The Labute approximate surface area is 116 Å². The van der Waals surface area contributed by atoms with Crippen molar-refractivity contribution < 1.29 is 8.78 Å². The van der Waals surface area contributed by atoms with E-state index in [9.17, 15) is 8.78 Å². The number of rotatable bonds is 6. The van der Waals surface area contributed by atoms with E-state index in [1.807, 2.05) is 13.1 Å². The molecule has 1 N–H and O–H groups in total. The molecular weight excluding hydrogens is 264 g/mol. The summed E-state index contributed by atoms with van der Waals surface area (Å²) in [5.74, 6) is -1.04. The standard InChI is InChI=1S/C15H17F2NS/c1-18-15(6-2-4-14-5-3-7-19-14)11-8-12(16)10-13(17)9-11/h3,5,7-10,15,18H,2,4,6H2,1H3. The molecular formula is C15H17F2NS. The van der Waals surface area contributed by atoms with Gasteiger partial charge in [-0.05, 0) is 55.5 Å². The van der Waals surface area contributed by atoms with E-state index < -0.39 is 11.6 Å². The number of thiophene rings is 1. The Bertz CT molecular complexity index is 491. The number of nitrogens with one attached hydrogen (secondary N) is 1. The van der Waals surface area contributed by atoms with Gasteiger partial charge in [0.05, 0.1) is 0 Å². The summed E-state index contributed by atoms with van der Waals surface area (Å²) in [5.41, 5.74) is 0.672. The molecule has 0 fully saturated rings. The van der Waals surface area contributed by atoms with E-state index in [1.54, 1.807) is 11.3 Å². The summed E-state index contributed by atoms with van der Waals surface area (Å²) in [6.45, 7) is 0. The van der Waals surface area contributed by atoms with Gasteiger partial charge in [0.2, 0.25) is 0 Å². The molecule has 2 rings (SSSR count). The summed E-state index contributed by atoms with van der Waals surface area (Å²) in [7, 11) is 1.82. The van der Waals surface area contributed by atoms with Crippen LogP contribution in [0.1, 0.15) is 29.3 Å². The van der Waals surface area contributed by atoms with Crippen LogP contribution in [-0.2, 0) is 6.42 Å². The van der Waals surface area contributed by atoms with Gasteiger partial charge in [0.15, 0.2) is 0 Å². The SMILES string of the molecule is CNC(CCCc1cccs1)c1cc(F)cc(F)c1. The van der Waals surface area contributed by atoms with Gasteiger partial charge in [-0.3, -0.25) is 0 Å². The molecule has 0 spiro atoms. The van der Waals surface area contributed by atoms with Gasteiger partial charge < -0.3 is 5.32 Å². The van der Waals surface area contributed by atoms with Crippen LogP contribution < -0.4 is 5.32 Å². The predicted molar refractivity (Wildman–Crippen MR) is 75.4 cm³/mol. The predicted octanol–water partition coefficient (Wildman–Crippen LogP) is 4.31. The Balaban J connectivity index is 1.95. The summed E-state index contributed by atoms with van der Waals surface area (Å²) < 4.78 is 26.4. The summed E-state index contributed by atoms with van der Waals surface area (Å²) in [6, 6.07) is 7.84. The second kappa shape index (κ2) is 6.78. The van der Waals surface area contributed by atoms with Gasteiger partial charge in [-0.2, -0.15) is 0 Å². The fraction of sp³-hybridized carbons (Fsp3) is 0.333. The largest absolute Gasteiger partial charge is 0.313 e. The molecule has 0 aliphatic heterocycles. The smallest absolute Gasteiger partial charge is 0.126 e. The molecule has 102 valence electrons. The number of hydrogen-bond acceptors (Lipinski definition) is 2. The molecule has 0 bridgehead atoms. The molecule has 1 atom stereocenters. The van der Waals surface area contributed by atoms with E-state index in [2.05, 4.69) is 16.8 Å². The van der Waals surface area contributed by atoms with E-state index in [0.29, 0.717) is 5.56 Å². The average molecular weight is 281 g/mol. The van der Waals surface area contributed by atoms with Crippen molar-refractivity contribution in [2.24, 2.45) is 0 Å². The van der Waals surface area contributed by atoms with Crippen LogP contribution in [0.3, 0.4) is 0 Å². The lowest BCUT2D eigenvalue weighted by atomic mass is 10.0. The lowest BCUT2D eigenvalue weighted by Gasteiger charge is -2.16. The number of halogens is 2. The van der Waals surface area contributed by atoms with Gasteiger partial charge in [0.25, 0.3) is 0 Å². The van der Waals surface area contributed by atoms with Crippen molar-refractivity contribution in [3.8, 4) is 0 Å². The highest BCUT2D eigenvalue weighted by molar-refractivity contribution is 7.09. The van der Waals surface area contributed by atoms with E-state index in [4.69, 9.17) is 0 Å².